The first-order chi connectivity index (χ1) is 17.2. The third kappa shape index (κ3) is 4.29. The summed E-state index contributed by atoms with van der Waals surface area (Å²) in [5.41, 5.74) is 2.57. The highest BCUT2D eigenvalue weighted by atomic mass is 127. The first kappa shape index (κ1) is 24.8. The molecular formula is C23H32IN9O2S. The van der Waals surface area contributed by atoms with Crippen molar-refractivity contribution in [3.8, 4) is 0 Å². The predicted molar refractivity (Wildman–Crippen MR) is 145 cm³/mol. The lowest BCUT2D eigenvalue weighted by Gasteiger charge is -2.43. The van der Waals surface area contributed by atoms with E-state index in [9.17, 15) is 4.55 Å². The Labute approximate surface area is 227 Å². The SMILES string of the molecule is CC(C)(C)[S+]([O-])N[C@@H]1c2cnnn2CC12CCN(c1cnc3c(I)nn(C4CCCCO4)c3n1)CC2. The van der Waals surface area contributed by atoms with E-state index in [2.05, 4.69) is 42.5 Å². The number of hydrogen-bond donors (Lipinski definition) is 1. The van der Waals surface area contributed by atoms with Gasteiger partial charge < -0.3 is 14.2 Å². The molecule has 3 aliphatic heterocycles. The summed E-state index contributed by atoms with van der Waals surface area (Å²) >= 11 is 1.04. The van der Waals surface area contributed by atoms with E-state index in [1.54, 1.807) is 0 Å². The van der Waals surface area contributed by atoms with Gasteiger partial charge in [0.25, 0.3) is 0 Å². The Morgan fingerprint density at radius 1 is 1.22 bits per heavy atom. The minimum atomic E-state index is -1.19. The summed E-state index contributed by atoms with van der Waals surface area (Å²) in [6.07, 6.45) is 8.62. The van der Waals surface area contributed by atoms with E-state index in [4.69, 9.17) is 19.8 Å². The quantitative estimate of drug-likeness (QED) is 0.344. The highest BCUT2D eigenvalue weighted by Crippen LogP contribution is 2.49. The van der Waals surface area contributed by atoms with Crippen LogP contribution in [0, 0.1) is 9.12 Å². The van der Waals surface area contributed by atoms with E-state index < -0.39 is 11.4 Å². The lowest BCUT2D eigenvalue weighted by Crippen LogP contribution is -2.50. The zero-order valence-electron chi connectivity index (χ0n) is 20.9. The second kappa shape index (κ2) is 9.33. The van der Waals surface area contributed by atoms with Crippen molar-refractivity contribution in [2.75, 3.05) is 24.6 Å². The van der Waals surface area contributed by atoms with Crippen molar-refractivity contribution in [3.63, 3.8) is 0 Å². The molecule has 11 nitrogen and oxygen atoms in total. The zero-order chi connectivity index (χ0) is 25.1. The van der Waals surface area contributed by atoms with Gasteiger partial charge in [-0.2, -0.15) is 5.10 Å². The van der Waals surface area contributed by atoms with Gasteiger partial charge in [0.1, 0.15) is 22.1 Å². The van der Waals surface area contributed by atoms with Gasteiger partial charge in [0.15, 0.2) is 15.6 Å². The molecule has 13 heteroatoms. The molecule has 2 unspecified atom stereocenters. The van der Waals surface area contributed by atoms with Crippen molar-refractivity contribution in [1.29, 1.82) is 0 Å². The van der Waals surface area contributed by atoms with Crippen LogP contribution in [-0.4, -0.2) is 63.7 Å². The van der Waals surface area contributed by atoms with E-state index in [1.165, 1.54) is 0 Å². The van der Waals surface area contributed by atoms with Crippen LogP contribution >= 0.6 is 22.6 Å². The molecule has 36 heavy (non-hydrogen) atoms. The molecule has 1 spiro atoms. The van der Waals surface area contributed by atoms with Crippen LogP contribution in [0.25, 0.3) is 11.2 Å². The molecule has 2 saturated heterocycles. The second-order valence-electron chi connectivity index (χ2n) is 11.1. The topological polar surface area (TPSA) is 122 Å². The van der Waals surface area contributed by atoms with E-state index in [-0.39, 0.29) is 22.4 Å². The Hall–Kier alpha value is -1.55. The lowest BCUT2D eigenvalue weighted by atomic mass is 9.74. The highest BCUT2D eigenvalue weighted by molar-refractivity contribution is 14.1. The molecule has 6 rings (SSSR count). The second-order valence-corrected chi connectivity index (χ2v) is 14.1. The maximum absolute atomic E-state index is 13.1. The van der Waals surface area contributed by atoms with Crippen LogP contribution in [0.1, 0.15) is 70.8 Å². The number of fused-ring (bicyclic) bond motifs is 2. The van der Waals surface area contributed by atoms with Gasteiger partial charge in [-0.3, -0.25) is 0 Å². The Morgan fingerprint density at radius 3 is 2.75 bits per heavy atom. The van der Waals surface area contributed by atoms with Crippen LogP contribution in [0.3, 0.4) is 0 Å². The highest BCUT2D eigenvalue weighted by Gasteiger charge is 2.52. The van der Waals surface area contributed by atoms with Gasteiger partial charge in [-0.15, -0.1) is 9.82 Å². The molecular weight excluding hydrogens is 593 g/mol. The largest absolute Gasteiger partial charge is 0.598 e. The maximum Gasteiger partial charge on any atom is 0.182 e. The van der Waals surface area contributed by atoms with E-state index in [0.29, 0.717) is 0 Å². The Bertz CT molecular complexity index is 1240. The van der Waals surface area contributed by atoms with Gasteiger partial charge >= 0.3 is 0 Å². The van der Waals surface area contributed by atoms with E-state index >= 15 is 0 Å². The number of rotatable bonds is 4. The van der Waals surface area contributed by atoms with Crippen LogP contribution < -0.4 is 9.62 Å². The molecule has 6 heterocycles. The molecule has 0 aromatic carbocycles. The first-order valence-corrected chi connectivity index (χ1v) is 14.8. The average Bonchev–Trinajstić information content (AvgIpc) is 3.53. The van der Waals surface area contributed by atoms with E-state index in [1.807, 2.05) is 42.5 Å². The average molecular weight is 626 g/mol. The maximum atomic E-state index is 13.1. The fourth-order valence-corrected chi connectivity index (χ4v) is 7.10. The van der Waals surface area contributed by atoms with Gasteiger partial charge in [-0.1, -0.05) is 5.21 Å². The number of aromatic nitrogens is 7. The monoisotopic (exact) mass is 625 g/mol. The summed E-state index contributed by atoms with van der Waals surface area (Å²) in [4.78, 5) is 12.1. The van der Waals surface area contributed by atoms with Gasteiger partial charge in [-0.05, 0) is 75.5 Å². The third-order valence-corrected chi connectivity index (χ3v) is 9.95. The Kier molecular flexibility index (Phi) is 6.42. The van der Waals surface area contributed by atoms with Gasteiger partial charge in [-0.25, -0.2) is 19.3 Å². The van der Waals surface area contributed by atoms with Crippen LogP contribution in [0.5, 0.6) is 0 Å². The van der Waals surface area contributed by atoms with Crippen molar-refractivity contribution in [2.24, 2.45) is 5.41 Å². The molecule has 0 saturated carbocycles. The Balaban J connectivity index is 1.23. The van der Waals surface area contributed by atoms with Crippen LogP contribution in [0.4, 0.5) is 5.82 Å². The van der Waals surface area contributed by atoms with Gasteiger partial charge in [0.2, 0.25) is 0 Å². The molecule has 3 aromatic heterocycles. The zero-order valence-corrected chi connectivity index (χ0v) is 23.8. The molecule has 194 valence electrons. The molecule has 0 amide bonds. The lowest BCUT2D eigenvalue weighted by molar-refractivity contribution is -0.0372. The predicted octanol–water partition coefficient (Wildman–Crippen LogP) is 3.11. The molecule has 0 aliphatic carbocycles. The van der Waals surface area contributed by atoms with Crippen molar-refractivity contribution in [3.05, 3.63) is 21.8 Å². The molecule has 0 bridgehead atoms. The fourth-order valence-electron chi connectivity index (χ4n) is 5.55. The first-order valence-electron chi connectivity index (χ1n) is 12.6. The van der Waals surface area contributed by atoms with Crippen molar-refractivity contribution >= 4 is 50.9 Å². The third-order valence-electron chi connectivity index (χ3n) is 7.66. The number of halogens is 1. The number of piperidine rings is 1. The summed E-state index contributed by atoms with van der Waals surface area (Å²) in [6, 6.07) is -0.0465. The molecule has 1 N–H and O–H groups in total. The van der Waals surface area contributed by atoms with E-state index in [0.717, 1.165) is 84.7 Å². The summed E-state index contributed by atoms with van der Waals surface area (Å²) in [5.74, 6) is 0.867. The number of nitrogens with zero attached hydrogens (tertiary/aromatic N) is 8. The molecule has 0 radical (unpaired) electrons. The number of anilines is 1. The number of nitrogens with one attached hydrogen (secondary N) is 1. The normalized spacial score (nSPS) is 25.0. The van der Waals surface area contributed by atoms with Crippen LogP contribution in [0.2, 0.25) is 0 Å². The summed E-state index contributed by atoms with van der Waals surface area (Å²) in [5, 5.41) is 13.1. The minimum absolute atomic E-state index is 0.0465. The summed E-state index contributed by atoms with van der Waals surface area (Å²) < 4.78 is 26.9. The van der Waals surface area contributed by atoms with Crippen LogP contribution in [0.15, 0.2) is 12.4 Å². The van der Waals surface area contributed by atoms with Crippen LogP contribution in [-0.2, 0) is 22.6 Å². The smallest absolute Gasteiger partial charge is 0.182 e. The standard InChI is InChI=1S/C23H32IN9O2S/c1-22(2,3)36(34)29-19-15-12-26-30-32(15)14-23(19)7-9-31(10-8-23)16-13-25-18-20(24)28-33(21(18)27-16)17-6-4-5-11-35-17/h12-13,17,19,29H,4-11,14H2,1-3H3/t17?,19-,36?/m1/s1. The summed E-state index contributed by atoms with van der Waals surface area (Å²) in [7, 11) is 0. The molecule has 2 fully saturated rings. The van der Waals surface area contributed by atoms with Crippen molar-refractivity contribution in [2.45, 2.75) is 76.4 Å². The fraction of sp³-hybridized carbons (Fsp3) is 0.696. The minimum Gasteiger partial charge on any atom is -0.598 e. The van der Waals surface area contributed by atoms with Crippen molar-refractivity contribution < 1.29 is 9.29 Å². The van der Waals surface area contributed by atoms with Gasteiger partial charge in [0.05, 0.1) is 24.6 Å². The molecule has 3 atom stereocenters. The Morgan fingerprint density at radius 2 is 2.03 bits per heavy atom. The number of ether oxygens (including phenoxy) is 1. The molecule has 3 aliphatic rings. The van der Waals surface area contributed by atoms with Crippen molar-refractivity contribution in [1.82, 2.24) is 39.5 Å². The number of hydrogen-bond acceptors (Lipinski definition) is 9. The van der Waals surface area contributed by atoms with Gasteiger partial charge in [0, 0.05) is 36.5 Å². The molecule has 3 aromatic rings. The summed E-state index contributed by atoms with van der Waals surface area (Å²) in [6.45, 7) is 9.20.